The van der Waals surface area contributed by atoms with Crippen molar-refractivity contribution in [2.24, 2.45) is 0 Å². The van der Waals surface area contributed by atoms with Crippen molar-refractivity contribution in [2.45, 2.75) is 24.3 Å². The molecule has 2 aromatic rings. The standard InChI is InChI=1S/C15H13BrFNO2S/c1-10-8-11-4-2-3-5-14(11)18(10)21(19,20)15-7-6-12(17)9-13(15)16/h2-7,9-10H,8H2,1H3. The van der Waals surface area contributed by atoms with Gasteiger partial charge in [-0.2, -0.15) is 0 Å². The average Bonchev–Trinajstić information content (AvgIpc) is 2.74. The van der Waals surface area contributed by atoms with Crippen LogP contribution in [0.1, 0.15) is 12.5 Å². The quantitative estimate of drug-likeness (QED) is 0.808. The summed E-state index contributed by atoms with van der Waals surface area (Å²) in [6, 6.07) is 10.9. The first-order valence-electron chi connectivity index (χ1n) is 6.48. The Morgan fingerprint density at radius 2 is 1.95 bits per heavy atom. The number of rotatable bonds is 2. The lowest BCUT2D eigenvalue weighted by Crippen LogP contribution is -2.35. The van der Waals surface area contributed by atoms with E-state index >= 15 is 0 Å². The molecule has 0 fully saturated rings. The molecule has 3 nitrogen and oxygen atoms in total. The minimum absolute atomic E-state index is 0.0763. The Morgan fingerprint density at radius 3 is 2.67 bits per heavy atom. The molecule has 1 unspecified atom stereocenters. The Bertz CT molecular complexity index is 807. The monoisotopic (exact) mass is 369 g/mol. The van der Waals surface area contributed by atoms with Crippen molar-refractivity contribution < 1.29 is 12.8 Å². The zero-order chi connectivity index (χ0) is 15.2. The van der Waals surface area contributed by atoms with Crippen molar-refractivity contribution in [3.8, 4) is 0 Å². The van der Waals surface area contributed by atoms with Gasteiger partial charge in [-0.3, -0.25) is 4.31 Å². The molecule has 110 valence electrons. The Morgan fingerprint density at radius 1 is 1.24 bits per heavy atom. The Balaban J connectivity index is 2.15. The van der Waals surface area contributed by atoms with Gasteiger partial charge in [-0.05, 0) is 59.1 Å². The van der Waals surface area contributed by atoms with Crippen molar-refractivity contribution in [1.29, 1.82) is 0 Å². The third-order valence-corrected chi connectivity index (χ3v) is 6.48. The molecule has 0 radical (unpaired) electrons. The largest absolute Gasteiger partial charge is 0.265 e. The topological polar surface area (TPSA) is 37.4 Å². The molecule has 0 N–H and O–H groups in total. The molecule has 1 aliphatic heterocycles. The van der Waals surface area contributed by atoms with Gasteiger partial charge in [0.05, 0.1) is 5.69 Å². The highest BCUT2D eigenvalue weighted by Gasteiger charge is 2.36. The third-order valence-electron chi connectivity index (χ3n) is 3.58. The van der Waals surface area contributed by atoms with E-state index in [4.69, 9.17) is 0 Å². The number of fused-ring (bicyclic) bond motifs is 1. The molecule has 1 heterocycles. The maximum atomic E-state index is 13.2. The number of benzene rings is 2. The predicted molar refractivity (Wildman–Crippen MR) is 83.4 cm³/mol. The summed E-state index contributed by atoms with van der Waals surface area (Å²) >= 11 is 3.14. The van der Waals surface area contributed by atoms with Crippen molar-refractivity contribution in [3.05, 3.63) is 58.3 Å². The smallest absolute Gasteiger partial charge is 0.263 e. The lowest BCUT2D eigenvalue weighted by Gasteiger charge is -2.25. The third kappa shape index (κ3) is 2.36. The van der Waals surface area contributed by atoms with Crippen LogP contribution in [0.25, 0.3) is 0 Å². The van der Waals surface area contributed by atoms with Crippen LogP contribution in [0.15, 0.2) is 51.8 Å². The molecule has 0 aliphatic carbocycles. The molecule has 0 spiro atoms. The van der Waals surface area contributed by atoms with E-state index in [9.17, 15) is 12.8 Å². The Hall–Kier alpha value is -1.40. The van der Waals surface area contributed by atoms with Gasteiger partial charge in [0.2, 0.25) is 0 Å². The molecular weight excluding hydrogens is 357 g/mol. The molecule has 6 heteroatoms. The van der Waals surface area contributed by atoms with E-state index < -0.39 is 15.8 Å². The highest BCUT2D eigenvalue weighted by Crippen LogP contribution is 2.38. The molecule has 0 saturated heterocycles. The number of sulfonamides is 1. The first-order valence-corrected chi connectivity index (χ1v) is 8.72. The van der Waals surface area contributed by atoms with E-state index in [0.29, 0.717) is 12.1 Å². The van der Waals surface area contributed by atoms with E-state index in [2.05, 4.69) is 15.9 Å². The first kappa shape index (κ1) is 14.5. The van der Waals surface area contributed by atoms with Gasteiger partial charge in [0.25, 0.3) is 10.0 Å². The van der Waals surface area contributed by atoms with Gasteiger partial charge < -0.3 is 0 Å². The fourth-order valence-corrected chi connectivity index (χ4v) is 5.40. The van der Waals surface area contributed by atoms with E-state index in [-0.39, 0.29) is 15.4 Å². The first-order chi connectivity index (χ1) is 9.91. The molecule has 0 amide bonds. The lowest BCUT2D eigenvalue weighted by molar-refractivity contribution is 0.582. The number of halogens is 2. The minimum Gasteiger partial charge on any atom is -0.263 e. The van der Waals surface area contributed by atoms with Crippen molar-refractivity contribution >= 4 is 31.6 Å². The number of nitrogens with zero attached hydrogens (tertiary/aromatic N) is 1. The summed E-state index contributed by atoms with van der Waals surface area (Å²) in [5, 5.41) is 0. The van der Waals surface area contributed by atoms with Crippen LogP contribution in [0.3, 0.4) is 0 Å². The molecule has 21 heavy (non-hydrogen) atoms. The van der Waals surface area contributed by atoms with E-state index in [0.717, 1.165) is 11.6 Å². The molecule has 0 bridgehead atoms. The molecule has 1 aliphatic rings. The van der Waals surface area contributed by atoms with Gasteiger partial charge >= 0.3 is 0 Å². The summed E-state index contributed by atoms with van der Waals surface area (Å²) in [6.07, 6.45) is 0.675. The van der Waals surface area contributed by atoms with E-state index in [1.165, 1.54) is 16.4 Å². The summed E-state index contributed by atoms with van der Waals surface area (Å²) < 4.78 is 40.7. The second-order valence-corrected chi connectivity index (χ2v) is 7.70. The number of hydrogen-bond donors (Lipinski definition) is 0. The van der Waals surface area contributed by atoms with Crippen molar-refractivity contribution in [3.63, 3.8) is 0 Å². The second-order valence-electron chi connectivity index (χ2n) is 5.06. The van der Waals surface area contributed by atoms with Crippen LogP contribution < -0.4 is 4.31 Å². The van der Waals surface area contributed by atoms with Gasteiger partial charge in [-0.15, -0.1) is 0 Å². The van der Waals surface area contributed by atoms with Crippen LogP contribution in [0.5, 0.6) is 0 Å². The summed E-state index contributed by atoms with van der Waals surface area (Å²) in [5.41, 5.74) is 1.70. The van der Waals surface area contributed by atoms with Crippen LogP contribution in [-0.4, -0.2) is 14.5 Å². The second kappa shape index (κ2) is 5.10. The maximum Gasteiger partial charge on any atom is 0.265 e. The van der Waals surface area contributed by atoms with E-state index in [1.54, 1.807) is 6.07 Å². The lowest BCUT2D eigenvalue weighted by atomic mass is 10.1. The highest BCUT2D eigenvalue weighted by molar-refractivity contribution is 9.10. The van der Waals surface area contributed by atoms with Crippen LogP contribution >= 0.6 is 15.9 Å². The van der Waals surface area contributed by atoms with Gasteiger partial charge in [0.15, 0.2) is 0 Å². The molecule has 3 rings (SSSR count). The molecule has 0 saturated carbocycles. The number of para-hydroxylation sites is 1. The number of hydrogen-bond acceptors (Lipinski definition) is 2. The molecule has 2 aromatic carbocycles. The van der Waals surface area contributed by atoms with Crippen LogP contribution in [-0.2, 0) is 16.4 Å². The molecule has 0 aromatic heterocycles. The van der Waals surface area contributed by atoms with Crippen LogP contribution in [0.2, 0.25) is 0 Å². The normalized spacial score (nSPS) is 17.9. The summed E-state index contributed by atoms with van der Waals surface area (Å²) in [5.74, 6) is -0.476. The summed E-state index contributed by atoms with van der Waals surface area (Å²) in [7, 11) is -3.73. The fourth-order valence-electron chi connectivity index (χ4n) is 2.69. The van der Waals surface area contributed by atoms with Gasteiger partial charge in [-0.1, -0.05) is 18.2 Å². The summed E-state index contributed by atoms with van der Waals surface area (Å²) in [4.78, 5) is 0.0763. The number of anilines is 1. The molecule has 1 atom stereocenters. The fraction of sp³-hybridized carbons (Fsp3) is 0.200. The van der Waals surface area contributed by atoms with Crippen LogP contribution in [0, 0.1) is 5.82 Å². The molecular formula is C15H13BrFNO2S. The zero-order valence-corrected chi connectivity index (χ0v) is 13.7. The van der Waals surface area contributed by atoms with E-state index in [1.807, 2.05) is 25.1 Å². The van der Waals surface area contributed by atoms with Crippen LogP contribution in [0.4, 0.5) is 10.1 Å². The average molecular weight is 370 g/mol. The van der Waals surface area contributed by atoms with Gasteiger partial charge in [0.1, 0.15) is 10.7 Å². The van der Waals surface area contributed by atoms with Gasteiger partial charge in [0, 0.05) is 10.5 Å². The van der Waals surface area contributed by atoms with Gasteiger partial charge in [-0.25, -0.2) is 12.8 Å². The van der Waals surface area contributed by atoms with Crippen molar-refractivity contribution in [2.75, 3.05) is 4.31 Å². The minimum atomic E-state index is -3.73. The highest BCUT2D eigenvalue weighted by atomic mass is 79.9. The Labute approximate surface area is 131 Å². The SMILES string of the molecule is CC1Cc2ccccc2N1S(=O)(=O)c1ccc(F)cc1Br. The Kier molecular flexibility index (Phi) is 3.53. The zero-order valence-electron chi connectivity index (χ0n) is 11.3. The van der Waals surface area contributed by atoms with Crippen molar-refractivity contribution in [1.82, 2.24) is 0 Å². The predicted octanol–water partition coefficient (Wildman–Crippen LogP) is 3.73. The summed E-state index contributed by atoms with van der Waals surface area (Å²) in [6.45, 7) is 1.87. The maximum absolute atomic E-state index is 13.2.